The van der Waals surface area contributed by atoms with Gasteiger partial charge in [0.25, 0.3) is 0 Å². The molecule has 0 aliphatic carbocycles. The van der Waals surface area contributed by atoms with E-state index in [0.717, 1.165) is 0 Å². The first-order chi connectivity index (χ1) is 15.3. The summed E-state index contributed by atoms with van der Waals surface area (Å²) in [5.41, 5.74) is 10.6. The van der Waals surface area contributed by atoms with E-state index < -0.39 is 0 Å². The van der Waals surface area contributed by atoms with E-state index in [0.29, 0.717) is 0 Å². The average Bonchev–Trinajstić information content (AvgIpc) is 2.62. The Morgan fingerprint density at radius 3 is 1.00 bits per heavy atom. The van der Waals surface area contributed by atoms with Crippen LogP contribution in [0.5, 0.6) is 0 Å². The number of benzene rings is 2. The van der Waals surface area contributed by atoms with Gasteiger partial charge in [-0.05, 0) is 66.0 Å². The molecule has 2 rings (SSSR count). The number of hydrogen-bond donors (Lipinski definition) is 0. The van der Waals surface area contributed by atoms with E-state index in [1.807, 2.05) is 0 Å². The molecule has 0 radical (unpaired) electrons. The maximum absolute atomic E-state index is 2.59. The summed E-state index contributed by atoms with van der Waals surface area (Å²) >= 11 is 0. The van der Waals surface area contributed by atoms with Crippen LogP contribution in [0.1, 0.15) is 157 Å². The van der Waals surface area contributed by atoms with Gasteiger partial charge in [-0.2, -0.15) is 0 Å². The second-order valence-electron chi connectivity index (χ2n) is 16.5. The van der Waals surface area contributed by atoms with E-state index in [-0.39, 0.29) is 32.5 Å². The Morgan fingerprint density at radius 2 is 0.686 bits per heavy atom. The lowest BCUT2D eigenvalue weighted by molar-refractivity contribution is 0.464. The van der Waals surface area contributed by atoms with Gasteiger partial charge in [0.05, 0.1) is 0 Å². The van der Waals surface area contributed by atoms with E-state index in [1.165, 1.54) is 27.8 Å². The third kappa shape index (κ3) is 6.06. The SMILES string of the molecule is CC(C)(C)c1ccc(C(C)(C)c2cc(C(C)(C)C)c(C(C)(C)C)c(C(C)(C)C)c2C(C)(C)C)cc1. The van der Waals surface area contributed by atoms with Gasteiger partial charge < -0.3 is 0 Å². The van der Waals surface area contributed by atoms with Gasteiger partial charge in [0.15, 0.2) is 0 Å². The molecule has 0 unspecified atom stereocenters. The molecule has 0 spiro atoms. The van der Waals surface area contributed by atoms with Gasteiger partial charge in [-0.15, -0.1) is 0 Å². The molecule has 0 bridgehead atoms. The first-order valence-corrected chi connectivity index (χ1v) is 13.6. The summed E-state index contributed by atoms with van der Waals surface area (Å²) in [5.74, 6) is 0. The Balaban J connectivity index is 3.13. The van der Waals surface area contributed by atoms with Gasteiger partial charge in [0.1, 0.15) is 0 Å². The van der Waals surface area contributed by atoms with Crippen molar-refractivity contribution in [1.82, 2.24) is 0 Å². The van der Waals surface area contributed by atoms with Crippen LogP contribution in [0.25, 0.3) is 0 Å². The molecule has 0 aliphatic heterocycles. The van der Waals surface area contributed by atoms with Crippen LogP contribution in [0.3, 0.4) is 0 Å². The second kappa shape index (κ2) is 8.78. The van der Waals surface area contributed by atoms with Gasteiger partial charge >= 0.3 is 0 Å². The summed E-state index contributed by atoms with van der Waals surface area (Å²) < 4.78 is 0. The summed E-state index contributed by atoms with van der Waals surface area (Å²) in [4.78, 5) is 0. The van der Waals surface area contributed by atoms with E-state index >= 15 is 0 Å². The van der Waals surface area contributed by atoms with Crippen LogP contribution in [0.2, 0.25) is 0 Å². The normalized spacial score (nSPS) is 14.4. The van der Waals surface area contributed by atoms with Crippen LogP contribution in [0.15, 0.2) is 30.3 Å². The zero-order chi connectivity index (χ0) is 27.6. The van der Waals surface area contributed by atoms with Crippen molar-refractivity contribution in [2.45, 2.75) is 150 Å². The van der Waals surface area contributed by atoms with Gasteiger partial charge in [-0.25, -0.2) is 0 Å². The molecule has 0 saturated heterocycles. The Bertz CT molecular complexity index is 1040. The molecule has 0 aliphatic rings. The predicted octanol–water partition coefficient (Wildman–Crippen LogP) is 10.5. The van der Waals surface area contributed by atoms with Gasteiger partial charge in [-0.1, -0.05) is 148 Å². The fraction of sp³-hybridized carbons (Fsp3) is 0.657. The summed E-state index contributed by atoms with van der Waals surface area (Å²) in [5, 5.41) is 0. The van der Waals surface area contributed by atoms with Crippen molar-refractivity contribution in [2.75, 3.05) is 0 Å². The molecular weight excluding hydrogens is 420 g/mol. The third-order valence-corrected chi connectivity index (χ3v) is 7.53. The second-order valence-corrected chi connectivity index (χ2v) is 16.5. The summed E-state index contributed by atoms with van der Waals surface area (Å²) in [7, 11) is 0. The monoisotopic (exact) mass is 476 g/mol. The highest BCUT2D eigenvalue weighted by Gasteiger charge is 2.41. The van der Waals surface area contributed by atoms with Crippen molar-refractivity contribution in [1.29, 1.82) is 0 Å². The molecule has 35 heavy (non-hydrogen) atoms. The molecule has 0 N–H and O–H groups in total. The van der Waals surface area contributed by atoms with E-state index in [1.54, 1.807) is 11.1 Å². The molecular formula is C35H56. The molecule has 196 valence electrons. The lowest BCUT2D eigenvalue weighted by Gasteiger charge is -2.44. The smallest absolute Gasteiger partial charge is 0.0149 e. The van der Waals surface area contributed by atoms with Crippen LogP contribution in [-0.4, -0.2) is 0 Å². The fourth-order valence-corrected chi connectivity index (χ4v) is 5.62. The number of hydrogen-bond acceptors (Lipinski definition) is 0. The third-order valence-electron chi connectivity index (χ3n) is 7.53. The van der Waals surface area contributed by atoms with Crippen molar-refractivity contribution >= 4 is 0 Å². The lowest BCUT2D eigenvalue weighted by atomic mass is 9.60. The highest BCUT2D eigenvalue weighted by molar-refractivity contribution is 5.60. The Labute approximate surface area is 219 Å². The maximum Gasteiger partial charge on any atom is 0.0149 e. The van der Waals surface area contributed by atoms with E-state index in [2.05, 4.69) is 148 Å². The van der Waals surface area contributed by atoms with Crippen molar-refractivity contribution in [2.24, 2.45) is 0 Å². The zero-order valence-corrected chi connectivity index (χ0v) is 26.4. The molecule has 0 heteroatoms. The highest BCUT2D eigenvalue weighted by Crippen LogP contribution is 2.50. The largest absolute Gasteiger partial charge is 0.0582 e. The molecule has 0 amide bonds. The molecule has 0 fully saturated rings. The molecule has 0 aromatic heterocycles. The minimum Gasteiger partial charge on any atom is -0.0582 e. The Morgan fingerprint density at radius 1 is 0.343 bits per heavy atom. The van der Waals surface area contributed by atoms with Crippen molar-refractivity contribution in [3.05, 3.63) is 69.3 Å². The molecule has 0 heterocycles. The minimum absolute atomic E-state index is 0.0248. The fourth-order valence-electron chi connectivity index (χ4n) is 5.62. The molecule has 0 atom stereocenters. The van der Waals surface area contributed by atoms with E-state index in [4.69, 9.17) is 0 Å². The topological polar surface area (TPSA) is 0 Å². The van der Waals surface area contributed by atoms with Crippen molar-refractivity contribution in [3.63, 3.8) is 0 Å². The number of rotatable bonds is 2. The standard InChI is InChI=1S/C35H56/c1-30(2,3)23-18-20-24(21-19-23)35(16,17)26-22-25(31(4,5)6)27(32(7,8)9)29(34(13,14)15)28(26)33(10,11)12/h18-22H,1-17H3. The van der Waals surface area contributed by atoms with Crippen LogP contribution in [0, 0.1) is 0 Å². The minimum atomic E-state index is -0.116. The van der Waals surface area contributed by atoms with Crippen molar-refractivity contribution in [3.8, 4) is 0 Å². The van der Waals surface area contributed by atoms with Crippen LogP contribution in [0.4, 0.5) is 0 Å². The van der Waals surface area contributed by atoms with Gasteiger partial charge in [0, 0.05) is 5.41 Å². The first kappa shape index (κ1) is 29.7. The van der Waals surface area contributed by atoms with Crippen molar-refractivity contribution < 1.29 is 0 Å². The summed E-state index contributed by atoms with van der Waals surface area (Å²) in [6, 6.07) is 12.0. The Hall–Kier alpha value is -1.56. The van der Waals surface area contributed by atoms with E-state index in [9.17, 15) is 0 Å². The molecule has 0 nitrogen and oxygen atoms in total. The van der Waals surface area contributed by atoms with Crippen LogP contribution in [-0.2, 0) is 32.5 Å². The highest BCUT2D eigenvalue weighted by atomic mass is 14.4. The molecule has 0 saturated carbocycles. The summed E-state index contributed by atoms with van der Waals surface area (Å²) in [6.07, 6.45) is 0. The zero-order valence-electron chi connectivity index (χ0n) is 26.4. The quantitative estimate of drug-likeness (QED) is 0.404. The van der Waals surface area contributed by atoms with Gasteiger partial charge in [-0.3, -0.25) is 0 Å². The summed E-state index contributed by atoms with van der Waals surface area (Å²) in [6.45, 7) is 40.5. The maximum atomic E-state index is 2.59. The molecule has 2 aromatic rings. The molecule has 2 aromatic carbocycles. The lowest BCUT2D eigenvalue weighted by Crippen LogP contribution is -2.36. The Kier molecular flexibility index (Phi) is 7.44. The van der Waals surface area contributed by atoms with Gasteiger partial charge in [0.2, 0.25) is 0 Å². The first-order valence-electron chi connectivity index (χ1n) is 13.6. The average molecular weight is 477 g/mol. The van der Waals surface area contributed by atoms with Crippen LogP contribution >= 0.6 is 0 Å². The predicted molar refractivity (Wildman–Crippen MR) is 159 cm³/mol. The van der Waals surface area contributed by atoms with Crippen LogP contribution < -0.4 is 0 Å².